The highest BCUT2D eigenvalue weighted by Gasteiger charge is 1.97. The lowest BCUT2D eigenvalue weighted by Crippen LogP contribution is -1.75. The van der Waals surface area contributed by atoms with Crippen LogP contribution in [0.5, 0.6) is 0 Å². The summed E-state index contributed by atoms with van der Waals surface area (Å²) in [7, 11) is 0. The van der Waals surface area contributed by atoms with Crippen molar-refractivity contribution in [3.05, 3.63) is 23.5 Å². The lowest BCUT2D eigenvalue weighted by atomic mass is 10.3. The van der Waals surface area contributed by atoms with Crippen LogP contribution in [0.25, 0.3) is 12.2 Å². The summed E-state index contributed by atoms with van der Waals surface area (Å²) in [6.07, 6.45) is 7.70. The van der Waals surface area contributed by atoms with E-state index in [-0.39, 0.29) is 0 Å². The Balaban J connectivity index is 0.000000671. The summed E-state index contributed by atoms with van der Waals surface area (Å²) < 4.78 is 0. The Morgan fingerprint density at radius 2 is 1.31 bits per heavy atom. The van der Waals surface area contributed by atoms with Crippen LogP contribution in [0.15, 0.2) is 12.2 Å². The van der Waals surface area contributed by atoms with Crippen molar-refractivity contribution in [2.24, 2.45) is 0 Å². The molecule has 72 valence electrons. The zero-order valence-electron chi connectivity index (χ0n) is 8.70. The van der Waals surface area contributed by atoms with Gasteiger partial charge in [0.05, 0.1) is 0 Å². The molecule has 1 aromatic heterocycles. The minimum absolute atomic E-state index is 0.880. The van der Waals surface area contributed by atoms with E-state index in [1.165, 1.54) is 0 Å². The van der Waals surface area contributed by atoms with Crippen LogP contribution in [-0.2, 0) is 0 Å². The number of nitrogens with one attached hydrogen (secondary N) is 1. The largest absolute Gasteiger partial charge is 0.197 e. The zero-order valence-corrected chi connectivity index (χ0v) is 8.70. The zero-order chi connectivity index (χ0) is 10.1. The van der Waals surface area contributed by atoms with Crippen LogP contribution in [0.1, 0.15) is 39.1 Å². The van der Waals surface area contributed by atoms with Gasteiger partial charge in [0, 0.05) is 0 Å². The average Bonchev–Trinajstić information content (AvgIpc) is 2.58. The maximum absolute atomic E-state index is 3.95. The molecular formula is C10H17N3. The molecule has 0 radical (unpaired) electrons. The molecule has 0 aliphatic heterocycles. The van der Waals surface area contributed by atoms with Gasteiger partial charge in [0.15, 0.2) is 0 Å². The number of H-pyrrole nitrogens is 1. The van der Waals surface area contributed by atoms with Crippen LogP contribution in [0.3, 0.4) is 0 Å². The molecule has 0 saturated heterocycles. The molecule has 3 nitrogen and oxygen atoms in total. The fourth-order valence-electron chi connectivity index (χ4n) is 0.808. The second-order valence-corrected chi connectivity index (χ2v) is 2.09. The van der Waals surface area contributed by atoms with Crippen molar-refractivity contribution in [3.63, 3.8) is 0 Å². The molecule has 1 aromatic rings. The van der Waals surface area contributed by atoms with Gasteiger partial charge < -0.3 is 0 Å². The SMILES string of the molecule is C/C=C\c1n[nH]nc1/C=C\C.CC. The molecule has 13 heavy (non-hydrogen) atoms. The lowest BCUT2D eigenvalue weighted by molar-refractivity contribution is 0.934. The van der Waals surface area contributed by atoms with Gasteiger partial charge >= 0.3 is 0 Å². The maximum Gasteiger partial charge on any atom is 0.112 e. The van der Waals surface area contributed by atoms with Crippen LogP contribution in [-0.4, -0.2) is 15.4 Å². The number of hydrogen-bond acceptors (Lipinski definition) is 2. The predicted octanol–water partition coefficient (Wildman–Crippen LogP) is 2.90. The standard InChI is InChI=1S/C8H11N3.C2H6/c1-3-5-7-8(6-4-2)10-11-9-7;1-2/h3-6H,1-2H3,(H,9,10,11);1-2H3/b5-3-,6-4-;. The fraction of sp³-hybridized carbons (Fsp3) is 0.400. The second-order valence-electron chi connectivity index (χ2n) is 2.09. The number of nitrogens with zero attached hydrogens (tertiary/aromatic N) is 2. The normalized spacial score (nSPS) is 10.5. The van der Waals surface area contributed by atoms with Crippen LogP contribution in [0.4, 0.5) is 0 Å². The number of aromatic amines is 1. The third kappa shape index (κ3) is 3.69. The van der Waals surface area contributed by atoms with Crippen LogP contribution < -0.4 is 0 Å². The van der Waals surface area contributed by atoms with Gasteiger partial charge in [-0.15, -0.1) is 0 Å². The van der Waals surface area contributed by atoms with E-state index in [9.17, 15) is 0 Å². The molecule has 0 saturated carbocycles. The maximum atomic E-state index is 3.95. The summed E-state index contributed by atoms with van der Waals surface area (Å²) in [5.74, 6) is 0. The third-order valence-corrected chi connectivity index (χ3v) is 1.25. The lowest BCUT2D eigenvalue weighted by Gasteiger charge is -1.83. The van der Waals surface area contributed by atoms with Crippen molar-refractivity contribution in [1.29, 1.82) is 0 Å². The molecule has 1 rings (SSSR count). The third-order valence-electron chi connectivity index (χ3n) is 1.25. The topological polar surface area (TPSA) is 41.6 Å². The quantitative estimate of drug-likeness (QED) is 0.758. The van der Waals surface area contributed by atoms with Gasteiger partial charge in [0.25, 0.3) is 0 Å². The van der Waals surface area contributed by atoms with E-state index in [2.05, 4.69) is 15.4 Å². The van der Waals surface area contributed by atoms with Crippen molar-refractivity contribution in [2.45, 2.75) is 27.7 Å². The molecule has 0 bridgehead atoms. The number of rotatable bonds is 2. The van der Waals surface area contributed by atoms with E-state index < -0.39 is 0 Å². The highest BCUT2D eigenvalue weighted by atomic mass is 15.3. The Morgan fingerprint density at radius 1 is 0.923 bits per heavy atom. The van der Waals surface area contributed by atoms with Gasteiger partial charge in [-0.3, -0.25) is 0 Å². The molecule has 0 fully saturated rings. The van der Waals surface area contributed by atoms with Gasteiger partial charge in [-0.25, -0.2) is 0 Å². The van der Waals surface area contributed by atoms with Crippen LogP contribution >= 0.6 is 0 Å². The van der Waals surface area contributed by atoms with Gasteiger partial charge in [-0.2, -0.15) is 15.4 Å². The molecule has 3 heteroatoms. The van der Waals surface area contributed by atoms with Gasteiger partial charge in [0.1, 0.15) is 11.4 Å². The van der Waals surface area contributed by atoms with E-state index >= 15 is 0 Å². The second kappa shape index (κ2) is 7.28. The molecule has 0 unspecified atom stereocenters. The van der Waals surface area contributed by atoms with E-state index in [0.29, 0.717) is 0 Å². The summed E-state index contributed by atoms with van der Waals surface area (Å²) in [6, 6.07) is 0. The summed E-state index contributed by atoms with van der Waals surface area (Å²) >= 11 is 0. The summed E-state index contributed by atoms with van der Waals surface area (Å²) in [5, 5.41) is 10.5. The molecule has 0 amide bonds. The van der Waals surface area contributed by atoms with Crippen LogP contribution in [0, 0.1) is 0 Å². The van der Waals surface area contributed by atoms with Gasteiger partial charge in [0.2, 0.25) is 0 Å². The monoisotopic (exact) mass is 179 g/mol. The first-order valence-corrected chi connectivity index (χ1v) is 4.54. The minimum Gasteiger partial charge on any atom is -0.197 e. The summed E-state index contributed by atoms with van der Waals surface area (Å²) in [4.78, 5) is 0. The first-order valence-electron chi connectivity index (χ1n) is 4.54. The van der Waals surface area contributed by atoms with E-state index in [1.807, 2.05) is 52.0 Å². The average molecular weight is 179 g/mol. The van der Waals surface area contributed by atoms with E-state index in [0.717, 1.165) is 11.4 Å². The minimum atomic E-state index is 0.880. The molecular weight excluding hydrogens is 162 g/mol. The number of aromatic nitrogens is 3. The fourth-order valence-corrected chi connectivity index (χ4v) is 0.808. The Hall–Kier alpha value is -1.38. The number of allylic oxidation sites excluding steroid dienone is 2. The highest BCUT2D eigenvalue weighted by Crippen LogP contribution is 2.04. The molecule has 1 heterocycles. The molecule has 0 aromatic carbocycles. The molecule has 0 aliphatic carbocycles. The smallest absolute Gasteiger partial charge is 0.112 e. The van der Waals surface area contributed by atoms with Crippen molar-refractivity contribution in [2.75, 3.05) is 0 Å². The predicted molar refractivity (Wildman–Crippen MR) is 57.1 cm³/mol. The van der Waals surface area contributed by atoms with E-state index in [4.69, 9.17) is 0 Å². The van der Waals surface area contributed by atoms with Crippen molar-refractivity contribution >= 4 is 12.2 Å². The van der Waals surface area contributed by atoms with Crippen molar-refractivity contribution in [3.8, 4) is 0 Å². The Morgan fingerprint density at radius 3 is 1.62 bits per heavy atom. The van der Waals surface area contributed by atoms with Crippen molar-refractivity contribution < 1.29 is 0 Å². The summed E-state index contributed by atoms with van der Waals surface area (Å²) in [5.41, 5.74) is 1.76. The molecule has 0 aliphatic rings. The first kappa shape index (κ1) is 11.6. The Labute approximate surface area is 79.6 Å². The first-order chi connectivity index (χ1) is 6.38. The highest BCUT2D eigenvalue weighted by molar-refractivity contribution is 5.58. The molecule has 0 atom stereocenters. The van der Waals surface area contributed by atoms with Gasteiger partial charge in [-0.1, -0.05) is 26.0 Å². The number of hydrogen-bond donors (Lipinski definition) is 1. The van der Waals surface area contributed by atoms with Crippen molar-refractivity contribution in [1.82, 2.24) is 15.4 Å². The summed E-state index contributed by atoms with van der Waals surface area (Å²) in [6.45, 7) is 7.90. The van der Waals surface area contributed by atoms with E-state index in [1.54, 1.807) is 0 Å². The molecule has 0 spiro atoms. The van der Waals surface area contributed by atoms with Crippen LogP contribution in [0.2, 0.25) is 0 Å². The van der Waals surface area contributed by atoms with Gasteiger partial charge in [-0.05, 0) is 26.0 Å². The molecule has 1 N–H and O–H groups in total. The Bertz CT molecular complexity index is 245. The Kier molecular flexibility index (Phi) is 6.51.